The monoisotopic (exact) mass is 331 g/mol. The molecule has 0 saturated heterocycles. The Morgan fingerprint density at radius 3 is 2.58 bits per heavy atom. The molecule has 0 heterocycles. The summed E-state index contributed by atoms with van der Waals surface area (Å²) in [4.78, 5) is 13.7. The molecule has 0 aliphatic heterocycles. The Morgan fingerprint density at radius 1 is 1.17 bits per heavy atom. The Hall–Kier alpha value is -2.56. The van der Waals surface area contributed by atoms with Crippen molar-refractivity contribution in [3.8, 4) is 11.5 Å². The van der Waals surface area contributed by atoms with Crippen LogP contribution in [0.15, 0.2) is 48.5 Å². The maximum Gasteiger partial charge on any atom is 0.222 e. The molecular weight excluding hydrogens is 309 g/mol. The molecule has 0 radical (unpaired) electrons. The van der Waals surface area contributed by atoms with Gasteiger partial charge in [0.1, 0.15) is 5.75 Å². The number of rotatable bonds is 8. The Kier molecular flexibility index (Phi) is 6.61. The molecular formula is C19H22FNO3. The molecule has 24 heavy (non-hydrogen) atoms. The Balaban J connectivity index is 1.74. The van der Waals surface area contributed by atoms with Gasteiger partial charge in [-0.05, 0) is 36.2 Å². The van der Waals surface area contributed by atoms with Crippen LogP contribution in [0.4, 0.5) is 4.39 Å². The molecule has 4 nitrogen and oxygen atoms in total. The minimum Gasteiger partial charge on any atom is -0.494 e. The van der Waals surface area contributed by atoms with Gasteiger partial charge in [0.15, 0.2) is 11.6 Å². The minimum atomic E-state index is -0.424. The highest BCUT2D eigenvalue weighted by Crippen LogP contribution is 2.18. The second-order valence-corrected chi connectivity index (χ2v) is 5.48. The largest absolute Gasteiger partial charge is 0.494 e. The average molecular weight is 331 g/mol. The topological polar surface area (TPSA) is 38.8 Å². The number of carbonyl (C=O) groups excluding carboxylic acids is 1. The number of halogens is 1. The van der Waals surface area contributed by atoms with E-state index in [0.717, 1.165) is 11.3 Å². The van der Waals surface area contributed by atoms with Crippen LogP contribution in [0.2, 0.25) is 0 Å². The molecule has 0 atom stereocenters. The van der Waals surface area contributed by atoms with E-state index in [4.69, 9.17) is 9.47 Å². The van der Waals surface area contributed by atoms with Crippen LogP contribution in [0.3, 0.4) is 0 Å². The smallest absolute Gasteiger partial charge is 0.222 e. The Bertz CT molecular complexity index is 661. The van der Waals surface area contributed by atoms with E-state index in [0.29, 0.717) is 26.0 Å². The van der Waals surface area contributed by atoms with E-state index in [2.05, 4.69) is 0 Å². The van der Waals surface area contributed by atoms with Gasteiger partial charge < -0.3 is 14.4 Å². The lowest BCUT2D eigenvalue weighted by atomic mass is 10.2. The number of amides is 1. The van der Waals surface area contributed by atoms with Gasteiger partial charge in [-0.25, -0.2) is 4.39 Å². The molecule has 0 fully saturated rings. The number of methoxy groups -OCH3 is 1. The number of nitrogens with zero attached hydrogens (tertiary/aromatic N) is 1. The average Bonchev–Trinajstić information content (AvgIpc) is 2.59. The van der Waals surface area contributed by atoms with Crippen LogP contribution in [-0.2, 0) is 11.3 Å². The number of carbonyl (C=O) groups is 1. The molecule has 0 saturated carbocycles. The lowest BCUT2D eigenvalue weighted by Gasteiger charge is -2.17. The zero-order chi connectivity index (χ0) is 17.4. The fourth-order valence-corrected chi connectivity index (χ4v) is 2.29. The van der Waals surface area contributed by atoms with Gasteiger partial charge in [-0.3, -0.25) is 4.79 Å². The zero-order valence-electron chi connectivity index (χ0n) is 14.0. The quantitative estimate of drug-likeness (QED) is 0.693. The third-order valence-corrected chi connectivity index (χ3v) is 3.61. The number of ether oxygens (including phenoxy) is 2. The van der Waals surface area contributed by atoms with Crippen LogP contribution in [-0.4, -0.2) is 31.6 Å². The van der Waals surface area contributed by atoms with Crippen LogP contribution in [0.25, 0.3) is 0 Å². The van der Waals surface area contributed by atoms with Gasteiger partial charge in [-0.2, -0.15) is 0 Å². The van der Waals surface area contributed by atoms with Crippen molar-refractivity contribution in [2.45, 2.75) is 19.4 Å². The number of hydrogen-bond donors (Lipinski definition) is 0. The summed E-state index contributed by atoms with van der Waals surface area (Å²) in [5.74, 6) is 0.577. The van der Waals surface area contributed by atoms with E-state index < -0.39 is 5.82 Å². The van der Waals surface area contributed by atoms with E-state index in [9.17, 15) is 9.18 Å². The van der Waals surface area contributed by atoms with Gasteiger partial charge >= 0.3 is 0 Å². The fraction of sp³-hybridized carbons (Fsp3) is 0.316. The standard InChI is InChI=1S/C19H22FNO3/c1-21(14-15-10-11-18(23-2)17(20)13-15)19(22)9-6-12-24-16-7-4-3-5-8-16/h3-5,7-8,10-11,13H,6,9,12,14H2,1-2H3. The summed E-state index contributed by atoms with van der Waals surface area (Å²) in [6.45, 7) is 0.847. The first-order chi connectivity index (χ1) is 11.6. The summed E-state index contributed by atoms with van der Waals surface area (Å²) in [6, 6.07) is 14.2. The van der Waals surface area contributed by atoms with Crippen LogP contribution in [0.5, 0.6) is 11.5 Å². The number of hydrogen-bond acceptors (Lipinski definition) is 3. The minimum absolute atomic E-state index is 0.00267. The summed E-state index contributed by atoms with van der Waals surface area (Å²) >= 11 is 0. The van der Waals surface area contributed by atoms with Gasteiger partial charge in [-0.15, -0.1) is 0 Å². The molecule has 0 bridgehead atoms. The molecule has 128 valence electrons. The van der Waals surface area contributed by atoms with Gasteiger partial charge in [0.2, 0.25) is 5.91 Å². The lowest BCUT2D eigenvalue weighted by molar-refractivity contribution is -0.130. The van der Waals surface area contributed by atoms with Crippen molar-refractivity contribution in [2.75, 3.05) is 20.8 Å². The second-order valence-electron chi connectivity index (χ2n) is 5.48. The van der Waals surface area contributed by atoms with Gasteiger partial charge in [0.25, 0.3) is 0 Å². The van der Waals surface area contributed by atoms with Crippen LogP contribution in [0.1, 0.15) is 18.4 Å². The van der Waals surface area contributed by atoms with Crippen molar-refractivity contribution in [3.63, 3.8) is 0 Å². The summed E-state index contributed by atoms with van der Waals surface area (Å²) < 4.78 is 24.1. The highest BCUT2D eigenvalue weighted by atomic mass is 19.1. The Morgan fingerprint density at radius 2 is 1.92 bits per heavy atom. The van der Waals surface area contributed by atoms with E-state index in [1.807, 2.05) is 30.3 Å². The van der Waals surface area contributed by atoms with E-state index >= 15 is 0 Å². The molecule has 0 unspecified atom stereocenters. The maximum atomic E-state index is 13.7. The third kappa shape index (κ3) is 5.26. The molecule has 1 amide bonds. The molecule has 0 spiro atoms. The highest BCUT2D eigenvalue weighted by molar-refractivity contribution is 5.75. The van der Waals surface area contributed by atoms with Crippen molar-refractivity contribution >= 4 is 5.91 Å². The first-order valence-electron chi connectivity index (χ1n) is 7.84. The molecule has 2 aromatic carbocycles. The van der Waals surface area contributed by atoms with Crippen LogP contribution >= 0.6 is 0 Å². The zero-order valence-corrected chi connectivity index (χ0v) is 14.0. The first-order valence-corrected chi connectivity index (χ1v) is 7.84. The maximum absolute atomic E-state index is 13.7. The van der Waals surface area contributed by atoms with Crippen molar-refractivity contribution in [2.24, 2.45) is 0 Å². The SMILES string of the molecule is COc1ccc(CN(C)C(=O)CCCOc2ccccc2)cc1F. The number of para-hydroxylation sites is 1. The fourth-order valence-electron chi connectivity index (χ4n) is 2.29. The van der Waals surface area contributed by atoms with Crippen LogP contribution in [0, 0.1) is 5.82 Å². The van der Waals surface area contributed by atoms with Gasteiger partial charge in [0, 0.05) is 20.0 Å². The lowest BCUT2D eigenvalue weighted by Crippen LogP contribution is -2.26. The van der Waals surface area contributed by atoms with Crippen molar-refractivity contribution in [1.82, 2.24) is 4.90 Å². The summed E-state index contributed by atoms with van der Waals surface area (Å²) in [7, 11) is 3.13. The molecule has 2 aromatic rings. The highest BCUT2D eigenvalue weighted by Gasteiger charge is 2.11. The summed E-state index contributed by atoms with van der Waals surface area (Å²) in [5, 5.41) is 0. The summed E-state index contributed by atoms with van der Waals surface area (Å²) in [6.07, 6.45) is 1.02. The van der Waals surface area contributed by atoms with Gasteiger partial charge in [-0.1, -0.05) is 24.3 Å². The predicted molar refractivity (Wildman–Crippen MR) is 90.6 cm³/mol. The van der Waals surface area contributed by atoms with E-state index in [-0.39, 0.29) is 11.7 Å². The molecule has 0 aliphatic carbocycles. The molecule has 0 N–H and O–H groups in total. The van der Waals surface area contributed by atoms with E-state index in [1.165, 1.54) is 13.2 Å². The van der Waals surface area contributed by atoms with Crippen molar-refractivity contribution in [1.29, 1.82) is 0 Å². The van der Waals surface area contributed by atoms with Crippen molar-refractivity contribution in [3.05, 3.63) is 59.9 Å². The summed E-state index contributed by atoms with van der Waals surface area (Å²) in [5.41, 5.74) is 0.727. The second kappa shape index (κ2) is 8.91. The van der Waals surface area contributed by atoms with Crippen LogP contribution < -0.4 is 9.47 Å². The Labute approximate surface area is 141 Å². The van der Waals surface area contributed by atoms with E-state index in [1.54, 1.807) is 24.1 Å². The normalized spacial score (nSPS) is 10.3. The van der Waals surface area contributed by atoms with Gasteiger partial charge in [0.05, 0.1) is 13.7 Å². The molecule has 0 aliphatic rings. The predicted octanol–water partition coefficient (Wildman–Crippen LogP) is 3.65. The molecule has 5 heteroatoms. The van der Waals surface area contributed by atoms with Crippen molar-refractivity contribution < 1.29 is 18.7 Å². The molecule has 0 aromatic heterocycles. The third-order valence-electron chi connectivity index (χ3n) is 3.61. The first kappa shape index (κ1) is 17.8. The molecule has 2 rings (SSSR count). The number of benzene rings is 2.